The third kappa shape index (κ3) is 6.93. The zero-order chi connectivity index (χ0) is 18.1. The topological polar surface area (TPSA) is 55.8 Å². The minimum atomic E-state index is -4.21. The van der Waals surface area contributed by atoms with Gasteiger partial charge in [0.05, 0.1) is 0 Å². The molecule has 4 nitrogen and oxygen atoms in total. The van der Waals surface area contributed by atoms with Crippen LogP contribution in [0.5, 0.6) is 11.5 Å². The first-order valence-electron chi connectivity index (χ1n) is 8.92. The van der Waals surface area contributed by atoms with Crippen molar-refractivity contribution in [2.24, 2.45) is 0 Å². The maximum Gasteiger partial charge on any atom is 0.584 e. The Kier molecular flexibility index (Phi) is 7.54. The normalized spacial score (nSPS) is 11.3. The van der Waals surface area contributed by atoms with Gasteiger partial charge in [0.15, 0.2) is 0 Å². The summed E-state index contributed by atoms with van der Waals surface area (Å²) in [5.41, 5.74) is 2.37. The fourth-order valence-electron chi connectivity index (χ4n) is 2.48. The Labute approximate surface area is 150 Å². The van der Waals surface area contributed by atoms with E-state index in [9.17, 15) is 9.46 Å². The lowest BCUT2D eigenvalue weighted by Crippen LogP contribution is -2.00. The summed E-state index contributed by atoms with van der Waals surface area (Å²) in [4.78, 5) is 9.95. The Morgan fingerprint density at radius 3 is 1.44 bits per heavy atom. The van der Waals surface area contributed by atoms with Crippen LogP contribution < -0.4 is 9.05 Å². The summed E-state index contributed by atoms with van der Waals surface area (Å²) in [6.07, 6.45) is 6.50. The standard InChI is InChI=1S/C20H27O4P/c1-3-5-7-17-9-13-19(14-10-17)23-25(21,22)24-20-15-11-18(12-16-20)8-6-4-2/h9-16H,3-8H2,1-2H3,(H,21,22). The molecule has 0 atom stereocenters. The Bertz CT molecular complexity index is 622. The Balaban J connectivity index is 1.93. The van der Waals surface area contributed by atoms with Gasteiger partial charge in [-0.15, -0.1) is 0 Å². The second-order valence-electron chi connectivity index (χ2n) is 6.15. The number of hydrogen-bond acceptors (Lipinski definition) is 3. The van der Waals surface area contributed by atoms with Crippen LogP contribution in [0, 0.1) is 0 Å². The minimum Gasteiger partial charge on any atom is -0.395 e. The van der Waals surface area contributed by atoms with E-state index in [0.717, 1.165) is 38.5 Å². The van der Waals surface area contributed by atoms with E-state index in [4.69, 9.17) is 9.05 Å². The lowest BCUT2D eigenvalue weighted by molar-refractivity contribution is 0.291. The maximum absolute atomic E-state index is 12.2. The van der Waals surface area contributed by atoms with Crippen molar-refractivity contribution in [2.45, 2.75) is 52.4 Å². The third-order valence-electron chi connectivity index (χ3n) is 3.93. The Morgan fingerprint density at radius 1 is 0.760 bits per heavy atom. The van der Waals surface area contributed by atoms with Gasteiger partial charge >= 0.3 is 7.82 Å². The molecule has 0 aliphatic carbocycles. The van der Waals surface area contributed by atoms with Crippen LogP contribution >= 0.6 is 7.82 Å². The van der Waals surface area contributed by atoms with Crippen LogP contribution in [0.15, 0.2) is 48.5 Å². The van der Waals surface area contributed by atoms with Crippen molar-refractivity contribution >= 4 is 7.82 Å². The third-order valence-corrected chi connectivity index (χ3v) is 4.81. The summed E-state index contributed by atoms with van der Waals surface area (Å²) in [6.45, 7) is 4.29. The largest absolute Gasteiger partial charge is 0.584 e. The van der Waals surface area contributed by atoms with E-state index in [1.807, 2.05) is 24.3 Å². The molecule has 0 aliphatic heterocycles. The van der Waals surface area contributed by atoms with Crippen molar-refractivity contribution < 1.29 is 18.5 Å². The maximum atomic E-state index is 12.2. The molecular formula is C20H27O4P. The summed E-state index contributed by atoms with van der Waals surface area (Å²) in [7, 11) is -4.21. The predicted octanol–water partition coefficient (Wildman–Crippen LogP) is 5.93. The zero-order valence-corrected chi connectivity index (χ0v) is 15.9. The highest BCUT2D eigenvalue weighted by atomic mass is 31.2. The highest BCUT2D eigenvalue weighted by molar-refractivity contribution is 7.48. The van der Waals surface area contributed by atoms with Crippen LogP contribution in [0.4, 0.5) is 0 Å². The number of hydrogen-bond donors (Lipinski definition) is 1. The summed E-state index contributed by atoms with van der Waals surface area (Å²) in [5, 5.41) is 0. The van der Waals surface area contributed by atoms with Gasteiger partial charge in [-0.1, -0.05) is 51.0 Å². The molecular weight excluding hydrogens is 335 g/mol. The van der Waals surface area contributed by atoms with Crippen LogP contribution in [-0.2, 0) is 17.4 Å². The van der Waals surface area contributed by atoms with Crippen molar-refractivity contribution in [3.63, 3.8) is 0 Å². The lowest BCUT2D eigenvalue weighted by Gasteiger charge is -2.14. The molecule has 1 N–H and O–H groups in total. The molecule has 0 fully saturated rings. The molecule has 0 unspecified atom stereocenters. The second-order valence-corrected chi connectivity index (χ2v) is 7.45. The number of rotatable bonds is 10. The summed E-state index contributed by atoms with van der Waals surface area (Å²) >= 11 is 0. The van der Waals surface area contributed by atoms with Gasteiger partial charge < -0.3 is 9.05 Å². The molecule has 0 saturated heterocycles. The monoisotopic (exact) mass is 362 g/mol. The van der Waals surface area contributed by atoms with Crippen molar-refractivity contribution in [3.8, 4) is 11.5 Å². The van der Waals surface area contributed by atoms with E-state index in [-0.39, 0.29) is 0 Å². The molecule has 0 spiro atoms. The van der Waals surface area contributed by atoms with E-state index < -0.39 is 7.82 Å². The number of phosphoric acid groups is 1. The van der Waals surface area contributed by atoms with Crippen molar-refractivity contribution in [1.82, 2.24) is 0 Å². The zero-order valence-electron chi connectivity index (χ0n) is 15.0. The number of benzene rings is 2. The molecule has 2 aromatic carbocycles. The summed E-state index contributed by atoms with van der Waals surface area (Å²) < 4.78 is 22.5. The van der Waals surface area contributed by atoms with Gasteiger partial charge in [0.25, 0.3) is 0 Å². The quantitative estimate of drug-likeness (QED) is 0.532. The van der Waals surface area contributed by atoms with Gasteiger partial charge in [-0.05, 0) is 61.1 Å². The van der Waals surface area contributed by atoms with Crippen LogP contribution in [0.3, 0.4) is 0 Å². The summed E-state index contributed by atoms with van der Waals surface area (Å²) in [6, 6.07) is 14.4. The summed E-state index contributed by atoms with van der Waals surface area (Å²) in [5.74, 6) is 0.649. The van der Waals surface area contributed by atoms with Crippen molar-refractivity contribution in [1.29, 1.82) is 0 Å². The van der Waals surface area contributed by atoms with Gasteiger partial charge in [0.1, 0.15) is 11.5 Å². The Hall–Kier alpha value is -1.77. The minimum absolute atomic E-state index is 0.325. The first kappa shape index (κ1) is 19.6. The van der Waals surface area contributed by atoms with Gasteiger partial charge in [-0.3, -0.25) is 4.89 Å². The molecule has 0 saturated carbocycles. The number of unbranched alkanes of at least 4 members (excludes halogenated alkanes) is 2. The van der Waals surface area contributed by atoms with Crippen LogP contribution in [-0.4, -0.2) is 4.89 Å². The van der Waals surface area contributed by atoms with Gasteiger partial charge in [0, 0.05) is 0 Å². The molecule has 2 aromatic rings. The molecule has 0 aliphatic rings. The van der Waals surface area contributed by atoms with E-state index in [1.165, 1.54) is 11.1 Å². The van der Waals surface area contributed by atoms with Gasteiger partial charge in [0.2, 0.25) is 0 Å². The fourth-order valence-corrected chi connectivity index (χ4v) is 3.29. The van der Waals surface area contributed by atoms with Gasteiger partial charge in [-0.25, -0.2) is 4.57 Å². The highest BCUT2D eigenvalue weighted by Gasteiger charge is 2.25. The second kappa shape index (κ2) is 9.65. The van der Waals surface area contributed by atoms with Crippen LogP contribution in [0.25, 0.3) is 0 Å². The molecule has 25 heavy (non-hydrogen) atoms. The molecule has 0 amide bonds. The number of aryl methyl sites for hydroxylation is 2. The van der Waals surface area contributed by atoms with E-state index in [0.29, 0.717) is 11.5 Å². The molecule has 2 rings (SSSR count). The lowest BCUT2D eigenvalue weighted by atomic mass is 10.1. The van der Waals surface area contributed by atoms with Crippen molar-refractivity contribution in [3.05, 3.63) is 59.7 Å². The molecule has 5 heteroatoms. The molecule has 136 valence electrons. The molecule has 0 heterocycles. The number of phosphoric ester groups is 1. The van der Waals surface area contributed by atoms with Crippen molar-refractivity contribution in [2.75, 3.05) is 0 Å². The average Bonchev–Trinajstić information content (AvgIpc) is 2.60. The van der Waals surface area contributed by atoms with Crippen LogP contribution in [0.2, 0.25) is 0 Å². The van der Waals surface area contributed by atoms with E-state index >= 15 is 0 Å². The highest BCUT2D eigenvalue weighted by Crippen LogP contribution is 2.44. The molecule has 0 radical (unpaired) electrons. The predicted molar refractivity (Wildman–Crippen MR) is 101 cm³/mol. The molecule has 0 bridgehead atoms. The van der Waals surface area contributed by atoms with E-state index in [2.05, 4.69) is 13.8 Å². The van der Waals surface area contributed by atoms with E-state index in [1.54, 1.807) is 24.3 Å². The first-order chi connectivity index (χ1) is 12.0. The van der Waals surface area contributed by atoms with Crippen LogP contribution in [0.1, 0.15) is 50.7 Å². The Morgan fingerprint density at radius 2 is 1.12 bits per heavy atom. The average molecular weight is 362 g/mol. The first-order valence-corrected chi connectivity index (χ1v) is 10.4. The smallest absolute Gasteiger partial charge is 0.395 e. The SMILES string of the molecule is CCCCc1ccc(OP(=O)(O)Oc2ccc(CCCC)cc2)cc1. The van der Waals surface area contributed by atoms with Gasteiger partial charge in [-0.2, -0.15) is 0 Å². The molecule has 0 aromatic heterocycles. The fraction of sp³-hybridized carbons (Fsp3) is 0.400.